The molecule has 2 rings (SSSR count). The van der Waals surface area contributed by atoms with Gasteiger partial charge in [-0.25, -0.2) is 0 Å². The highest BCUT2D eigenvalue weighted by Gasteiger charge is 2.01. The number of fused-ring (bicyclic) bond motifs is 1. The van der Waals surface area contributed by atoms with Crippen LogP contribution in [0.15, 0.2) is 29.1 Å². The van der Waals surface area contributed by atoms with Crippen molar-refractivity contribution >= 4 is 10.9 Å². The van der Waals surface area contributed by atoms with Gasteiger partial charge in [0, 0.05) is 11.5 Å². The van der Waals surface area contributed by atoms with Crippen molar-refractivity contribution < 1.29 is 5.11 Å². The van der Waals surface area contributed by atoms with Crippen LogP contribution in [0.3, 0.4) is 0 Å². The zero-order chi connectivity index (χ0) is 13.4. The van der Waals surface area contributed by atoms with Crippen molar-refractivity contribution in [2.24, 2.45) is 0 Å². The summed E-state index contributed by atoms with van der Waals surface area (Å²) in [7, 11) is 0. The maximum Gasteiger partial charge on any atom is 0.248 e. The van der Waals surface area contributed by atoms with Gasteiger partial charge in [-0.1, -0.05) is 33.8 Å². The van der Waals surface area contributed by atoms with Crippen molar-refractivity contribution in [2.45, 2.75) is 34.6 Å². The maximum atomic E-state index is 11.0. The number of aryl methyl sites for hydroxylation is 1. The van der Waals surface area contributed by atoms with E-state index in [1.165, 1.54) is 6.07 Å². The van der Waals surface area contributed by atoms with E-state index >= 15 is 0 Å². The van der Waals surface area contributed by atoms with Crippen LogP contribution in [-0.2, 0) is 0 Å². The minimum absolute atomic E-state index is 0.110. The Balaban J connectivity index is 0.000000581. The molecule has 0 atom stereocenters. The van der Waals surface area contributed by atoms with Crippen molar-refractivity contribution in [3.8, 4) is 5.75 Å². The van der Waals surface area contributed by atoms with E-state index in [0.717, 1.165) is 10.9 Å². The van der Waals surface area contributed by atoms with E-state index in [1.54, 1.807) is 12.1 Å². The fourth-order valence-corrected chi connectivity index (χ4v) is 1.38. The number of aromatic hydroxyl groups is 1. The number of phenolic OH excluding ortho intramolecular Hbond substituents is 1. The zero-order valence-electron chi connectivity index (χ0n) is 11.2. The second-order valence-electron chi connectivity index (χ2n) is 3.01. The van der Waals surface area contributed by atoms with Crippen LogP contribution in [-0.4, -0.2) is 10.1 Å². The van der Waals surface area contributed by atoms with E-state index in [-0.39, 0.29) is 11.3 Å². The molecule has 17 heavy (non-hydrogen) atoms. The Kier molecular flexibility index (Phi) is 6.71. The van der Waals surface area contributed by atoms with Crippen LogP contribution < -0.4 is 5.56 Å². The second kappa shape index (κ2) is 7.49. The molecule has 3 nitrogen and oxygen atoms in total. The molecule has 1 heterocycles. The summed E-state index contributed by atoms with van der Waals surface area (Å²) >= 11 is 0. The molecule has 0 saturated heterocycles. The number of hydrogen-bond donors (Lipinski definition) is 2. The van der Waals surface area contributed by atoms with Gasteiger partial charge in [0.15, 0.2) is 0 Å². The number of nitrogens with one attached hydrogen (secondary N) is 1. The average Bonchev–Trinajstić information content (AvgIpc) is 2.39. The Morgan fingerprint density at radius 1 is 1.00 bits per heavy atom. The van der Waals surface area contributed by atoms with Crippen molar-refractivity contribution in [3.63, 3.8) is 0 Å². The monoisotopic (exact) mass is 235 g/mol. The summed E-state index contributed by atoms with van der Waals surface area (Å²) in [6, 6.07) is 6.56. The molecule has 1 aromatic carbocycles. The molecule has 0 unspecified atom stereocenters. The van der Waals surface area contributed by atoms with Crippen LogP contribution >= 0.6 is 0 Å². The lowest BCUT2D eigenvalue weighted by Crippen LogP contribution is -2.02. The van der Waals surface area contributed by atoms with Crippen molar-refractivity contribution in [3.05, 3.63) is 40.2 Å². The molecule has 2 N–H and O–H groups in total. The SMILES string of the molecule is CC.CC.Cc1ccc(O)c2[nH]c(=O)ccc12. The number of phenols is 1. The van der Waals surface area contributed by atoms with Crippen LogP contribution in [0.5, 0.6) is 5.75 Å². The summed E-state index contributed by atoms with van der Waals surface area (Å²) in [4.78, 5) is 13.6. The summed E-state index contributed by atoms with van der Waals surface area (Å²) in [5, 5.41) is 10.3. The largest absolute Gasteiger partial charge is 0.506 e. The molecular weight excluding hydrogens is 214 g/mol. The lowest BCUT2D eigenvalue weighted by atomic mass is 10.1. The Morgan fingerprint density at radius 3 is 2.18 bits per heavy atom. The zero-order valence-corrected chi connectivity index (χ0v) is 11.2. The number of hydrogen-bond acceptors (Lipinski definition) is 2. The highest BCUT2D eigenvalue weighted by atomic mass is 16.3. The molecule has 0 aliphatic heterocycles. The third-order valence-corrected chi connectivity index (χ3v) is 2.09. The lowest BCUT2D eigenvalue weighted by Gasteiger charge is -2.02. The standard InChI is InChI=1S/C10H9NO2.2C2H6/c1-6-2-4-8(12)10-7(6)3-5-9(13)11-10;2*1-2/h2-5,12H,1H3,(H,11,13);2*1-2H3. The van der Waals surface area contributed by atoms with Gasteiger partial charge in [0.05, 0.1) is 5.52 Å². The van der Waals surface area contributed by atoms with Gasteiger partial charge in [-0.2, -0.15) is 0 Å². The number of aromatic nitrogens is 1. The van der Waals surface area contributed by atoms with Gasteiger partial charge in [0.25, 0.3) is 0 Å². The fourth-order valence-electron chi connectivity index (χ4n) is 1.38. The summed E-state index contributed by atoms with van der Waals surface area (Å²) in [6.07, 6.45) is 0. The quantitative estimate of drug-likeness (QED) is 0.733. The molecule has 0 radical (unpaired) electrons. The highest BCUT2D eigenvalue weighted by molar-refractivity contribution is 5.86. The number of aromatic amines is 1. The van der Waals surface area contributed by atoms with Gasteiger partial charge in [-0.05, 0) is 24.6 Å². The van der Waals surface area contributed by atoms with E-state index < -0.39 is 0 Å². The lowest BCUT2D eigenvalue weighted by molar-refractivity contribution is 0.480. The predicted octanol–water partition coefficient (Wildman–Crippen LogP) is 3.59. The summed E-state index contributed by atoms with van der Waals surface area (Å²) in [5.41, 5.74) is 1.34. The van der Waals surface area contributed by atoms with Gasteiger partial charge in [-0.15, -0.1) is 0 Å². The normalized spacial score (nSPS) is 8.76. The smallest absolute Gasteiger partial charge is 0.248 e. The van der Waals surface area contributed by atoms with Gasteiger partial charge >= 0.3 is 0 Å². The van der Waals surface area contributed by atoms with Gasteiger partial charge in [0.1, 0.15) is 5.75 Å². The van der Waals surface area contributed by atoms with Crippen LogP contribution in [0.2, 0.25) is 0 Å². The second-order valence-corrected chi connectivity index (χ2v) is 3.01. The number of H-pyrrole nitrogens is 1. The third kappa shape index (κ3) is 3.63. The first-order chi connectivity index (χ1) is 8.18. The van der Waals surface area contributed by atoms with E-state index in [0.29, 0.717) is 5.52 Å². The van der Waals surface area contributed by atoms with E-state index in [4.69, 9.17) is 0 Å². The molecule has 94 valence electrons. The van der Waals surface area contributed by atoms with Crippen molar-refractivity contribution in [2.75, 3.05) is 0 Å². The fraction of sp³-hybridized carbons (Fsp3) is 0.357. The van der Waals surface area contributed by atoms with Crippen LogP contribution in [0.4, 0.5) is 0 Å². The maximum absolute atomic E-state index is 11.0. The minimum Gasteiger partial charge on any atom is -0.506 e. The summed E-state index contributed by atoms with van der Waals surface area (Å²) in [5.74, 6) is 0.110. The van der Waals surface area contributed by atoms with E-state index in [2.05, 4.69) is 4.98 Å². The topological polar surface area (TPSA) is 53.1 Å². The van der Waals surface area contributed by atoms with Crippen molar-refractivity contribution in [1.29, 1.82) is 0 Å². The third-order valence-electron chi connectivity index (χ3n) is 2.09. The molecule has 3 heteroatoms. The van der Waals surface area contributed by atoms with Gasteiger partial charge < -0.3 is 10.1 Å². The Labute approximate surface area is 102 Å². The first-order valence-corrected chi connectivity index (χ1v) is 6.00. The minimum atomic E-state index is -0.201. The summed E-state index contributed by atoms with van der Waals surface area (Å²) in [6.45, 7) is 9.93. The molecular formula is C14H21NO2. The molecule has 0 bridgehead atoms. The summed E-state index contributed by atoms with van der Waals surface area (Å²) < 4.78 is 0. The first-order valence-electron chi connectivity index (χ1n) is 6.00. The molecule has 0 saturated carbocycles. The first kappa shape index (κ1) is 15.2. The Morgan fingerprint density at radius 2 is 1.59 bits per heavy atom. The van der Waals surface area contributed by atoms with Gasteiger partial charge in [-0.3, -0.25) is 4.79 Å². The Bertz CT molecular complexity index is 515. The van der Waals surface area contributed by atoms with Crippen molar-refractivity contribution in [1.82, 2.24) is 4.98 Å². The molecule has 2 aromatic rings. The van der Waals surface area contributed by atoms with Crippen LogP contribution in [0.1, 0.15) is 33.3 Å². The molecule has 0 fully saturated rings. The molecule has 1 aromatic heterocycles. The molecule has 0 spiro atoms. The van der Waals surface area contributed by atoms with E-state index in [9.17, 15) is 9.90 Å². The predicted molar refractivity (Wildman–Crippen MR) is 73.7 cm³/mol. The number of benzene rings is 1. The van der Waals surface area contributed by atoms with Crippen LogP contribution in [0.25, 0.3) is 10.9 Å². The molecule has 0 aliphatic carbocycles. The Hall–Kier alpha value is -1.77. The van der Waals surface area contributed by atoms with Gasteiger partial charge in [0.2, 0.25) is 5.56 Å². The molecule has 0 amide bonds. The average molecular weight is 235 g/mol. The highest BCUT2D eigenvalue weighted by Crippen LogP contribution is 2.23. The van der Waals surface area contributed by atoms with Crippen LogP contribution in [0, 0.1) is 6.92 Å². The number of pyridine rings is 1. The number of rotatable bonds is 0. The van der Waals surface area contributed by atoms with E-state index in [1.807, 2.05) is 40.7 Å². The molecule has 0 aliphatic rings.